The smallest absolute Gasteiger partial charge is 0.225 e. The number of benzene rings is 1. The highest BCUT2D eigenvalue weighted by Gasteiger charge is 2.42. The van der Waals surface area contributed by atoms with Crippen molar-refractivity contribution in [2.75, 3.05) is 26.3 Å². The van der Waals surface area contributed by atoms with E-state index < -0.39 is 5.54 Å². The van der Waals surface area contributed by atoms with E-state index in [1.807, 2.05) is 0 Å². The lowest BCUT2D eigenvalue weighted by molar-refractivity contribution is -0.138. The molecule has 3 rings (SSSR count). The molecule has 1 aromatic carbocycles. The summed E-state index contributed by atoms with van der Waals surface area (Å²) in [6, 6.07) is 6.28. The third-order valence-electron chi connectivity index (χ3n) is 4.12. The molecule has 2 heterocycles. The standard InChI is InChI=1S/C15H19FN2O2/c16-13-5-3-12(4-6-13)15(9-20-10-15)18-14(19)11-2-1-7-17-8-11/h3-6,11,17H,1-2,7-10H2,(H,18,19). The zero-order chi connectivity index (χ0) is 14.0. The van der Waals surface area contributed by atoms with Gasteiger partial charge in [0.05, 0.1) is 19.1 Å². The van der Waals surface area contributed by atoms with Crippen molar-refractivity contribution in [3.63, 3.8) is 0 Å². The summed E-state index contributed by atoms with van der Waals surface area (Å²) >= 11 is 0. The number of ether oxygens (including phenoxy) is 1. The zero-order valence-electron chi connectivity index (χ0n) is 11.3. The fraction of sp³-hybridized carbons (Fsp3) is 0.533. The summed E-state index contributed by atoms with van der Waals surface area (Å²) in [6.07, 6.45) is 1.94. The summed E-state index contributed by atoms with van der Waals surface area (Å²) in [5.74, 6) is -0.196. The Labute approximate surface area is 117 Å². The lowest BCUT2D eigenvalue weighted by atomic mass is 9.86. The van der Waals surface area contributed by atoms with Crippen molar-refractivity contribution in [2.45, 2.75) is 18.4 Å². The molecule has 1 atom stereocenters. The van der Waals surface area contributed by atoms with E-state index >= 15 is 0 Å². The highest BCUT2D eigenvalue weighted by Crippen LogP contribution is 2.30. The molecule has 2 N–H and O–H groups in total. The Kier molecular flexibility index (Phi) is 3.72. The van der Waals surface area contributed by atoms with Gasteiger partial charge in [-0.3, -0.25) is 4.79 Å². The Morgan fingerprint density at radius 3 is 2.65 bits per heavy atom. The molecule has 4 nitrogen and oxygen atoms in total. The molecule has 20 heavy (non-hydrogen) atoms. The highest BCUT2D eigenvalue weighted by molar-refractivity contribution is 5.80. The van der Waals surface area contributed by atoms with Gasteiger partial charge in [-0.05, 0) is 37.1 Å². The van der Waals surface area contributed by atoms with Crippen LogP contribution in [0.4, 0.5) is 4.39 Å². The maximum absolute atomic E-state index is 13.0. The molecular weight excluding hydrogens is 259 g/mol. The highest BCUT2D eigenvalue weighted by atomic mass is 19.1. The minimum absolute atomic E-state index is 0.0154. The van der Waals surface area contributed by atoms with Gasteiger partial charge in [0.1, 0.15) is 11.4 Å². The first-order chi connectivity index (χ1) is 9.70. The normalized spacial score (nSPS) is 24.8. The van der Waals surface area contributed by atoms with Crippen molar-refractivity contribution >= 4 is 5.91 Å². The van der Waals surface area contributed by atoms with Crippen molar-refractivity contribution in [1.29, 1.82) is 0 Å². The van der Waals surface area contributed by atoms with Crippen LogP contribution in [0.3, 0.4) is 0 Å². The molecular formula is C15H19FN2O2. The lowest BCUT2D eigenvalue weighted by Gasteiger charge is -2.43. The van der Waals surface area contributed by atoms with Crippen LogP contribution in [-0.4, -0.2) is 32.2 Å². The van der Waals surface area contributed by atoms with E-state index in [0.717, 1.165) is 31.5 Å². The topological polar surface area (TPSA) is 50.4 Å². The number of halogens is 1. The van der Waals surface area contributed by atoms with Crippen LogP contribution in [0, 0.1) is 11.7 Å². The van der Waals surface area contributed by atoms with E-state index in [1.54, 1.807) is 12.1 Å². The molecule has 0 saturated carbocycles. The van der Waals surface area contributed by atoms with Crippen LogP contribution < -0.4 is 10.6 Å². The predicted molar refractivity (Wildman–Crippen MR) is 72.6 cm³/mol. The van der Waals surface area contributed by atoms with Crippen molar-refractivity contribution in [2.24, 2.45) is 5.92 Å². The van der Waals surface area contributed by atoms with Gasteiger partial charge in [-0.25, -0.2) is 4.39 Å². The monoisotopic (exact) mass is 278 g/mol. The quantitative estimate of drug-likeness (QED) is 0.872. The van der Waals surface area contributed by atoms with E-state index in [1.165, 1.54) is 12.1 Å². The van der Waals surface area contributed by atoms with E-state index in [9.17, 15) is 9.18 Å². The average molecular weight is 278 g/mol. The molecule has 0 aromatic heterocycles. The summed E-state index contributed by atoms with van der Waals surface area (Å²) in [5.41, 5.74) is 0.421. The van der Waals surface area contributed by atoms with Crippen LogP contribution in [0.1, 0.15) is 18.4 Å². The molecule has 0 spiro atoms. The summed E-state index contributed by atoms with van der Waals surface area (Å²) in [7, 11) is 0. The van der Waals surface area contributed by atoms with Gasteiger partial charge in [-0.1, -0.05) is 12.1 Å². The van der Waals surface area contributed by atoms with Gasteiger partial charge in [0, 0.05) is 6.54 Å². The van der Waals surface area contributed by atoms with E-state index in [-0.39, 0.29) is 17.6 Å². The Hall–Kier alpha value is -1.46. The lowest BCUT2D eigenvalue weighted by Crippen LogP contribution is -2.61. The molecule has 0 radical (unpaired) electrons. The summed E-state index contributed by atoms with van der Waals surface area (Å²) in [5, 5.41) is 6.35. The maximum Gasteiger partial charge on any atom is 0.225 e. The van der Waals surface area contributed by atoms with E-state index in [2.05, 4.69) is 10.6 Å². The molecule has 2 aliphatic rings. The molecule has 2 fully saturated rings. The Morgan fingerprint density at radius 2 is 2.10 bits per heavy atom. The summed E-state index contributed by atoms with van der Waals surface area (Å²) in [4.78, 5) is 12.4. The van der Waals surface area contributed by atoms with Crippen LogP contribution in [0.2, 0.25) is 0 Å². The van der Waals surface area contributed by atoms with E-state index in [4.69, 9.17) is 4.74 Å². The summed E-state index contributed by atoms with van der Waals surface area (Å²) in [6.45, 7) is 2.61. The van der Waals surface area contributed by atoms with Gasteiger partial charge in [0.2, 0.25) is 5.91 Å². The predicted octanol–water partition coefficient (Wildman–Crippen LogP) is 1.17. The number of carbonyl (C=O) groups is 1. The van der Waals surface area contributed by atoms with Crippen LogP contribution in [0.15, 0.2) is 24.3 Å². The number of rotatable bonds is 3. The third kappa shape index (κ3) is 2.55. The summed E-state index contributed by atoms with van der Waals surface area (Å²) < 4.78 is 18.3. The van der Waals surface area contributed by atoms with Gasteiger partial charge in [-0.15, -0.1) is 0 Å². The molecule has 1 aromatic rings. The van der Waals surface area contributed by atoms with Crippen molar-refractivity contribution in [3.8, 4) is 0 Å². The number of hydrogen-bond acceptors (Lipinski definition) is 3. The molecule has 2 saturated heterocycles. The number of piperidine rings is 1. The number of nitrogens with one attached hydrogen (secondary N) is 2. The number of amides is 1. The second-order valence-corrected chi connectivity index (χ2v) is 5.61. The second kappa shape index (κ2) is 5.50. The molecule has 5 heteroatoms. The Morgan fingerprint density at radius 1 is 1.35 bits per heavy atom. The van der Waals surface area contributed by atoms with Crippen LogP contribution >= 0.6 is 0 Å². The first-order valence-corrected chi connectivity index (χ1v) is 7.06. The minimum Gasteiger partial charge on any atom is -0.376 e. The van der Waals surface area contributed by atoms with Gasteiger partial charge in [0.15, 0.2) is 0 Å². The fourth-order valence-corrected chi connectivity index (χ4v) is 2.80. The Balaban J connectivity index is 1.72. The SMILES string of the molecule is O=C(NC1(c2ccc(F)cc2)COC1)C1CCCNC1. The molecule has 1 unspecified atom stereocenters. The largest absolute Gasteiger partial charge is 0.376 e. The Bertz CT molecular complexity index is 479. The van der Waals surface area contributed by atoms with Crippen LogP contribution in [0.5, 0.6) is 0 Å². The van der Waals surface area contributed by atoms with Gasteiger partial charge < -0.3 is 15.4 Å². The van der Waals surface area contributed by atoms with Crippen LogP contribution in [-0.2, 0) is 15.1 Å². The molecule has 108 valence electrons. The molecule has 0 bridgehead atoms. The first-order valence-electron chi connectivity index (χ1n) is 7.06. The van der Waals surface area contributed by atoms with Crippen molar-refractivity contribution < 1.29 is 13.9 Å². The average Bonchev–Trinajstić information content (AvgIpc) is 2.45. The van der Waals surface area contributed by atoms with Gasteiger partial charge >= 0.3 is 0 Å². The first kappa shape index (κ1) is 13.5. The number of carbonyl (C=O) groups excluding carboxylic acids is 1. The molecule has 0 aliphatic carbocycles. The van der Waals surface area contributed by atoms with Gasteiger partial charge in [0.25, 0.3) is 0 Å². The van der Waals surface area contributed by atoms with Crippen molar-refractivity contribution in [1.82, 2.24) is 10.6 Å². The second-order valence-electron chi connectivity index (χ2n) is 5.61. The molecule has 2 aliphatic heterocycles. The van der Waals surface area contributed by atoms with Crippen LogP contribution in [0.25, 0.3) is 0 Å². The van der Waals surface area contributed by atoms with Gasteiger partial charge in [-0.2, -0.15) is 0 Å². The zero-order valence-corrected chi connectivity index (χ0v) is 11.3. The third-order valence-corrected chi connectivity index (χ3v) is 4.12. The van der Waals surface area contributed by atoms with Crippen molar-refractivity contribution in [3.05, 3.63) is 35.6 Å². The fourth-order valence-electron chi connectivity index (χ4n) is 2.80. The minimum atomic E-state index is -0.484. The number of hydrogen-bond donors (Lipinski definition) is 2. The van der Waals surface area contributed by atoms with E-state index in [0.29, 0.717) is 13.2 Å². The maximum atomic E-state index is 13.0. The molecule has 1 amide bonds.